The predicted octanol–water partition coefficient (Wildman–Crippen LogP) is 2.33. The number of pyridine rings is 1. The van der Waals surface area contributed by atoms with Gasteiger partial charge in [0.1, 0.15) is 5.82 Å². The molecule has 0 aromatic carbocycles. The van der Waals surface area contributed by atoms with Crippen molar-refractivity contribution in [2.45, 2.75) is 45.6 Å². The number of rotatable bonds is 3. The molecule has 1 aromatic heterocycles. The summed E-state index contributed by atoms with van der Waals surface area (Å²) in [5.74, 6) is 6.53. The third kappa shape index (κ3) is 3.10. The Kier molecular flexibility index (Phi) is 4.60. The van der Waals surface area contributed by atoms with Crippen LogP contribution in [0.1, 0.15) is 48.7 Å². The average molecular weight is 276 g/mol. The van der Waals surface area contributed by atoms with Gasteiger partial charge < -0.3 is 10.3 Å². The van der Waals surface area contributed by atoms with Crippen LogP contribution in [-0.2, 0) is 0 Å². The lowest BCUT2D eigenvalue weighted by Gasteiger charge is -2.36. The summed E-state index contributed by atoms with van der Waals surface area (Å²) < 4.78 is 0. The van der Waals surface area contributed by atoms with Crippen LogP contribution in [0, 0.1) is 12.8 Å². The van der Waals surface area contributed by atoms with Gasteiger partial charge in [0.2, 0.25) is 0 Å². The summed E-state index contributed by atoms with van der Waals surface area (Å²) in [7, 11) is 1.90. The van der Waals surface area contributed by atoms with Crippen LogP contribution in [0.25, 0.3) is 0 Å². The Morgan fingerprint density at radius 3 is 2.75 bits per heavy atom. The molecule has 1 aromatic rings. The number of nitrogen functional groups attached to an aromatic ring is 1. The third-order valence-electron chi connectivity index (χ3n) is 4.23. The molecular weight excluding hydrogens is 252 g/mol. The van der Waals surface area contributed by atoms with Gasteiger partial charge in [-0.15, -0.1) is 0 Å². The van der Waals surface area contributed by atoms with Crippen molar-refractivity contribution in [1.82, 2.24) is 9.88 Å². The molecule has 2 unspecified atom stereocenters. The van der Waals surface area contributed by atoms with Crippen molar-refractivity contribution in [1.29, 1.82) is 0 Å². The number of nitrogens with two attached hydrogens (primary N) is 1. The molecule has 2 rings (SSSR count). The van der Waals surface area contributed by atoms with Crippen LogP contribution in [0.3, 0.4) is 0 Å². The minimum Gasteiger partial charge on any atom is -0.338 e. The van der Waals surface area contributed by atoms with Gasteiger partial charge in [-0.2, -0.15) is 0 Å². The lowest BCUT2D eigenvalue weighted by atomic mass is 9.85. The maximum atomic E-state index is 12.6. The summed E-state index contributed by atoms with van der Waals surface area (Å²) in [6, 6.07) is 3.85. The molecule has 110 valence electrons. The Labute approximate surface area is 120 Å². The number of hydrogen-bond donors (Lipinski definition) is 2. The third-order valence-corrected chi connectivity index (χ3v) is 4.23. The highest BCUT2D eigenvalue weighted by molar-refractivity contribution is 5.95. The number of nitrogens with one attached hydrogen (secondary N) is 1. The van der Waals surface area contributed by atoms with Gasteiger partial charge in [-0.1, -0.05) is 19.8 Å². The number of aryl methyl sites for hydroxylation is 1. The van der Waals surface area contributed by atoms with E-state index in [-0.39, 0.29) is 5.91 Å². The number of nitrogens with zero attached hydrogens (tertiary/aromatic N) is 2. The van der Waals surface area contributed by atoms with Crippen LogP contribution in [0.2, 0.25) is 0 Å². The minimum atomic E-state index is 0.0470. The molecule has 2 atom stereocenters. The van der Waals surface area contributed by atoms with Crippen molar-refractivity contribution in [3.8, 4) is 0 Å². The van der Waals surface area contributed by atoms with Crippen LogP contribution < -0.4 is 11.3 Å². The number of amides is 1. The quantitative estimate of drug-likeness (QED) is 0.656. The highest BCUT2D eigenvalue weighted by atomic mass is 16.2. The Hall–Kier alpha value is -1.62. The second kappa shape index (κ2) is 6.22. The zero-order valence-electron chi connectivity index (χ0n) is 12.5. The van der Waals surface area contributed by atoms with Crippen molar-refractivity contribution in [3.05, 3.63) is 23.4 Å². The van der Waals surface area contributed by atoms with E-state index in [1.807, 2.05) is 24.9 Å². The number of aromatic nitrogens is 1. The molecule has 0 aliphatic heterocycles. The molecule has 5 heteroatoms. The smallest absolute Gasteiger partial charge is 0.254 e. The number of hydrogen-bond acceptors (Lipinski definition) is 4. The molecule has 1 amide bonds. The highest BCUT2D eigenvalue weighted by Crippen LogP contribution is 2.28. The first kappa shape index (κ1) is 14.8. The maximum absolute atomic E-state index is 12.6. The second-order valence-electron chi connectivity index (χ2n) is 5.77. The molecule has 1 saturated carbocycles. The van der Waals surface area contributed by atoms with Gasteiger partial charge in [-0.25, -0.2) is 10.8 Å². The summed E-state index contributed by atoms with van der Waals surface area (Å²) in [6.45, 7) is 4.10. The molecule has 1 aliphatic carbocycles. The van der Waals surface area contributed by atoms with Gasteiger partial charge in [0, 0.05) is 24.3 Å². The summed E-state index contributed by atoms with van der Waals surface area (Å²) in [4.78, 5) is 18.7. The first-order valence-corrected chi connectivity index (χ1v) is 7.25. The van der Waals surface area contributed by atoms with Crippen LogP contribution >= 0.6 is 0 Å². The van der Waals surface area contributed by atoms with Gasteiger partial charge >= 0.3 is 0 Å². The van der Waals surface area contributed by atoms with Gasteiger partial charge in [-0.05, 0) is 37.8 Å². The van der Waals surface area contributed by atoms with Gasteiger partial charge in [0.15, 0.2) is 0 Å². The lowest BCUT2D eigenvalue weighted by Crippen LogP contribution is -2.42. The Morgan fingerprint density at radius 1 is 1.40 bits per heavy atom. The Balaban J connectivity index is 2.19. The van der Waals surface area contributed by atoms with Gasteiger partial charge in [0.05, 0.1) is 0 Å². The van der Waals surface area contributed by atoms with Gasteiger partial charge in [0.25, 0.3) is 5.91 Å². The van der Waals surface area contributed by atoms with Gasteiger partial charge in [-0.3, -0.25) is 4.79 Å². The van der Waals surface area contributed by atoms with E-state index in [9.17, 15) is 4.79 Å². The van der Waals surface area contributed by atoms with E-state index in [4.69, 9.17) is 5.84 Å². The molecule has 0 saturated heterocycles. The first-order chi connectivity index (χ1) is 9.52. The average Bonchev–Trinajstić information content (AvgIpc) is 2.45. The molecule has 1 aliphatic rings. The van der Waals surface area contributed by atoms with Crippen molar-refractivity contribution >= 4 is 11.7 Å². The van der Waals surface area contributed by atoms with E-state index in [0.29, 0.717) is 23.3 Å². The maximum Gasteiger partial charge on any atom is 0.254 e. The van der Waals surface area contributed by atoms with Crippen LogP contribution in [-0.4, -0.2) is 28.9 Å². The lowest BCUT2D eigenvalue weighted by molar-refractivity contribution is 0.0629. The van der Waals surface area contributed by atoms with Crippen molar-refractivity contribution < 1.29 is 4.79 Å². The van der Waals surface area contributed by atoms with Crippen LogP contribution in [0.15, 0.2) is 12.1 Å². The Morgan fingerprint density at radius 2 is 2.10 bits per heavy atom. The summed E-state index contributed by atoms with van der Waals surface area (Å²) in [5, 5.41) is 0. The number of carbonyl (C=O) groups excluding carboxylic acids is 1. The van der Waals surface area contributed by atoms with Crippen molar-refractivity contribution in [2.24, 2.45) is 11.8 Å². The van der Waals surface area contributed by atoms with Crippen molar-refractivity contribution in [2.75, 3.05) is 12.5 Å². The molecule has 1 fully saturated rings. The molecule has 1 heterocycles. The highest BCUT2D eigenvalue weighted by Gasteiger charge is 2.28. The largest absolute Gasteiger partial charge is 0.338 e. The fraction of sp³-hybridized carbons (Fsp3) is 0.600. The standard InChI is InChI=1S/C15H24N4O/c1-10-6-4-5-7-13(10)19(3)15(20)12-8-11(2)17-14(9-12)18-16/h8-10,13H,4-7,16H2,1-3H3,(H,17,18). The number of carbonyl (C=O) groups is 1. The first-order valence-electron chi connectivity index (χ1n) is 7.25. The summed E-state index contributed by atoms with van der Waals surface area (Å²) in [6.07, 6.45) is 4.77. The SMILES string of the molecule is Cc1cc(C(=O)N(C)C2CCCCC2C)cc(NN)n1. The number of hydrazine groups is 1. The van der Waals surface area contributed by atoms with E-state index in [1.54, 1.807) is 6.07 Å². The summed E-state index contributed by atoms with van der Waals surface area (Å²) in [5.41, 5.74) is 3.94. The fourth-order valence-corrected chi connectivity index (χ4v) is 3.09. The normalized spacial score (nSPS) is 22.4. The molecule has 5 nitrogen and oxygen atoms in total. The van der Waals surface area contributed by atoms with E-state index < -0.39 is 0 Å². The fourth-order valence-electron chi connectivity index (χ4n) is 3.09. The van der Waals surface area contributed by atoms with Crippen LogP contribution in [0.4, 0.5) is 5.82 Å². The Bertz CT molecular complexity index is 489. The molecular formula is C15H24N4O. The molecule has 0 spiro atoms. The molecule has 0 bridgehead atoms. The van der Waals surface area contributed by atoms with E-state index in [2.05, 4.69) is 17.3 Å². The molecule has 3 N–H and O–H groups in total. The van der Waals surface area contributed by atoms with Crippen molar-refractivity contribution in [3.63, 3.8) is 0 Å². The molecule has 0 radical (unpaired) electrons. The number of anilines is 1. The topological polar surface area (TPSA) is 71.2 Å². The predicted molar refractivity (Wildman–Crippen MR) is 80.3 cm³/mol. The van der Waals surface area contributed by atoms with E-state index in [0.717, 1.165) is 12.1 Å². The zero-order chi connectivity index (χ0) is 14.7. The minimum absolute atomic E-state index is 0.0470. The zero-order valence-corrected chi connectivity index (χ0v) is 12.5. The van der Waals surface area contributed by atoms with Crippen LogP contribution in [0.5, 0.6) is 0 Å². The second-order valence-corrected chi connectivity index (χ2v) is 5.77. The van der Waals surface area contributed by atoms with E-state index in [1.165, 1.54) is 19.3 Å². The molecule has 20 heavy (non-hydrogen) atoms. The van der Waals surface area contributed by atoms with E-state index >= 15 is 0 Å². The summed E-state index contributed by atoms with van der Waals surface area (Å²) >= 11 is 0. The monoisotopic (exact) mass is 276 g/mol.